The largest absolute Gasteiger partial charge is 0.493 e. The molecule has 0 atom stereocenters. The predicted octanol–water partition coefficient (Wildman–Crippen LogP) is 3.37. The number of carboxylic acids is 1. The minimum Gasteiger partial charge on any atom is -0.493 e. The quantitative estimate of drug-likeness (QED) is 0.794. The Balaban J connectivity index is 1.70. The number of aromatic carboxylic acids is 1. The van der Waals surface area contributed by atoms with E-state index in [1.807, 2.05) is 0 Å². The molecule has 0 saturated carbocycles. The summed E-state index contributed by atoms with van der Waals surface area (Å²) in [5.41, 5.74) is 0.213. The zero-order chi connectivity index (χ0) is 15.1. The van der Waals surface area contributed by atoms with Gasteiger partial charge in [0.05, 0.1) is 18.8 Å². The van der Waals surface area contributed by atoms with E-state index >= 15 is 0 Å². The lowest BCUT2D eigenvalue weighted by atomic mass is 10.2. The molecule has 0 aliphatic heterocycles. The molecule has 0 fully saturated rings. The average molecular weight is 290 g/mol. The van der Waals surface area contributed by atoms with Crippen LogP contribution in [0.25, 0.3) is 0 Å². The lowest BCUT2D eigenvalue weighted by molar-refractivity contribution is 0.0697. The first-order valence-electron chi connectivity index (χ1n) is 6.50. The van der Waals surface area contributed by atoms with Crippen molar-refractivity contribution in [2.75, 3.05) is 13.2 Å². The van der Waals surface area contributed by atoms with Gasteiger partial charge in [-0.25, -0.2) is 9.18 Å². The van der Waals surface area contributed by atoms with Gasteiger partial charge in [0.1, 0.15) is 5.75 Å². The standard InChI is InChI=1S/C16H15FO4/c17-14-4-1-2-5-15(14)21-11-3-10-20-13-8-6-12(7-9-13)16(18)19/h1-2,4-9H,3,10-11H2,(H,18,19). The highest BCUT2D eigenvalue weighted by Gasteiger charge is 2.03. The average Bonchev–Trinajstić information content (AvgIpc) is 2.49. The van der Waals surface area contributed by atoms with Crippen molar-refractivity contribution in [3.05, 3.63) is 59.9 Å². The maximum atomic E-state index is 13.3. The van der Waals surface area contributed by atoms with Crippen LogP contribution in [-0.4, -0.2) is 24.3 Å². The number of para-hydroxylation sites is 1. The topological polar surface area (TPSA) is 55.8 Å². The highest BCUT2D eigenvalue weighted by atomic mass is 19.1. The van der Waals surface area contributed by atoms with Gasteiger partial charge in [0, 0.05) is 6.42 Å². The Labute approximate surface area is 121 Å². The van der Waals surface area contributed by atoms with Gasteiger partial charge < -0.3 is 14.6 Å². The van der Waals surface area contributed by atoms with Gasteiger partial charge >= 0.3 is 5.97 Å². The molecule has 0 radical (unpaired) electrons. The highest BCUT2D eigenvalue weighted by Crippen LogP contribution is 2.16. The summed E-state index contributed by atoms with van der Waals surface area (Å²) >= 11 is 0. The van der Waals surface area contributed by atoms with E-state index in [9.17, 15) is 9.18 Å². The maximum Gasteiger partial charge on any atom is 0.335 e. The molecule has 5 heteroatoms. The van der Waals surface area contributed by atoms with Crippen molar-refractivity contribution >= 4 is 5.97 Å². The third-order valence-electron chi connectivity index (χ3n) is 2.75. The second kappa shape index (κ2) is 7.28. The van der Waals surface area contributed by atoms with Crippen molar-refractivity contribution in [3.8, 4) is 11.5 Å². The summed E-state index contributed by atoms with van der Waals surface area (Å²) in [6.07, 6.45) is 0.592. The minimum absolute atomic E-state index is 0.213. The van der Waals surface area contributed by atoms with Gasteiger partial charge in [-0.2, -0.15) is 0 Å². The van der Waals surface area contributed by atoms with Crippen molar-refractivity contribution in [1.82, 2.24) is 0 Å². The Kier molecular flexibility index (Phi) is 5.15. The highest BCUT2D eigenvalue weighted by molar-refractivity contribution is 5.87. The van der Waals surface area contributed by atoms with Gasteiger partial charge in [0.15, 0.2) is 11.6 Å². The van der Waals surface area contributed by atoms with Gasteiger partial charge in [0.25, 0.3) is 0 Å². The van der Waals surface area contributed by atoms with Crippen molar-refractivity contribution in [2.45, 2.75) is 6.42 Å². The summed E-state index contributed by atoms with van der Waals surface area (Å²) in [7, 11) is 0. The fourth-order valence-electron chi connectivity index (χ4n) is 1.69. The van der Waals surface area contributed by atoms with Gasteiger partial charge in [-0.1, -0.05) is 12.1 Å². The molecule has 0 bridgehead atoms. The molecule has 21 heavy (non-hydrogen) atoms. The van der Waals surface area contributed by atoms with Crippen LogP contribution in [-0.2, 0) is 0 Å². The lowest BCUT2D eigenvalue weighted by Gasteiger charge is -2.08. The monoisotopic (exact) mass is 290 g/mol. The summed E-state index contributed by atoms with van der Waals surface area (Å²) < 4.78 is 24.0. The molecule has 0 spiro atoms. The number of carboxylic acid groups (broad SMARTS) is 1. The zero-order valence-corrected chi connectivity index (χ0v) is 11.3. The molecule has 0 amide bonds. The van der Waals surface area contributed by atoms with E-state index in [1.54, 1.807) is 30.3 Å². The van der Waals surface area contributed by atoms with Crippen LogP contribution in [0.15, 0.2) is 48.5 Å². The van der Waals surface area contributed by atoms with Crippen LogP contribution in [0.2, 0.25) is 0 Å². The fourth-order valence-corrected chi connectivity index (χ4v) is 1.69. The second-order valence-corrected chi connectivity index (χ2v) is 4.31. The smallest absolute Gasteiger partial charge is 0.335 e. The summed E-state index contributed by atoms with van der Waals surface area (Å²) in [4.78, 5) is 10.7. The van der Waals surface area contributed by atoms with E-state index in [1.165, 1.54) is 18.2 Å². The molecule has 1 N–H and O–H groups in total. The number of hydrogen-bond donors (Lipinski definition) is 1. The SMILES string of the molecule is O=C(O)c1ccc(OCCCOc2ccccc2F)cc1. The van der Waals surface area contributed by atoms with E-state index in [-0.39, 0.29) is 17.1 Å². The van der Waals surface area contributed by atoms with Gasteiger partial charge in [-0.05, 0) is 36.4 Å². The number of benzene rings is 2. The Morgan fingerprint density at radius 2 is 1.67 bits per heavy atom. The summed E-state index contributed by atoms with van der Waals surface area (Å²) in [5, 5.41) is 8.76. The molecule has 0 aromatic heterocycles. The van der Waals surface area contributed by atoms with Gasteiger partial charge in [0.2, 0.25) is 0 Å². The third-order valence-corrected chi connectivity index (χ3v) is 2.75. The van der Waals surface area contributed by atoms with Crippen molar-refractivity contribution in [2.24, 2.45) is 0 Å². The Morgan fingerprint density at radius 3 is 2.33 bits per heavy atom. The number of carbonyl (C=O) groups is 1. The normalized spacial score (nSPS) is 10.1. The minimum atomic E-state index is -0.972. The van der Waals surface area contributed by atoms with Crippen LogP contribution in [0.5, 0.6) is 11.5 Å². The Morgan fingerprint density at radius 1 is 1.00 bits per heavy atom. The zero-order valence-electron chi connectivity index (χ0n) is 11.3. The number of rotatable bonds is 7. The molecule has 0 unspecified atom stereocenters. The third kappa shape index (κ3) is 4.49. The molecule has 0 saturated heterocycles. The number of hydrogen-bond acceptors (Lipinski definition) is 3. The molecular formula is C16H15FO4. The van der Waals surface area contributed by atoms with Crippen LogP contribution in [0.4, 0.5) is 4.39 Å². The predicted molar refractivity (Wildman–Crippen MR) is 75.4 cm³/mol. The molecule has 0 heterocycles. The van der Waals surface area contributed by atoms with Crippen LogP contribution in [0, 0.1) is 5.82 Å². The summed E-state index contributed by atoms with van der Waals surface area (Å²) in [6.45, 7) is 0.745. The van der Waals surface area contributed by atoms with Crippen LogP contribution < -0.4 is 9.47 Å². The number of ether oxygens (including phenoxy) is 2. The maximum absolute atomic E-state index is 13.3. The van der Waals surface area contributed by atoms with E-state index in [4.69, 9.17) is 14.6 Å². The van der Waals surface area contributed by atoms with E-state index in [2.05, 4.69) is 0 Å². The van der Waals surface area contributed by atoms with E-state index in [0.717, 1.165) is 0 Å². The molecule has 110 valence electrons. The van der Waals surface area contributed by atoms with Crippen molar-refractivity contribution < 1.29 is 23.8 Å². The summed E-state index contributed by atoms with van der Waals surface area (Å²) in [6, 6.07) is 12.4. The van der Waals surface area contributed by atoms with Crippen LogP contribution >= 0.6 is 0 Å². The first-order valence-corrected chi connectivity index (χ1v) is 6.50. The first-order chi connectivity index (χ1) is 10.2. The Hall–Kier alpha value is -2.56. The molecule has 2 aromatic rings. The number of halogens is 1. The van der Waals surface area contributed by atoms with E-state index in [0.29, 0.717) is 25.4 Å². The molecule has 4 nitrogen and oxygen atoms in total. The van der Waals surface area contributed by atoms with Crippen LogP contribution in [0.3, 0.4) is 0 Å². The Bertz CT molecular complexity index is 595. The fraction of sp³-hybridized carbons (Fsp3) is 0.188. The van der Waals surface area contributed by atoms with Gasteiger partial charge in [-0.3, -0.25) is 0 Å². The summed E-state index contributed by atoms with van der Waals surface area (Å²) in [5.74, 6) is -0.545. The molecule has 0 aliphatic rings. The lowest BCUT2D eigenvalue weighted by Crippen LogP contribution is -2.06. The molecule has 0 aliphatic carbocycles. The molecule has 2 aromatic carbocycles. The van der Waals surface area contributed by atoms with Crippen LogP contribution in [0.1, 0.15) is 16.8 Å². The van der Waals surface area contributed by atoms with E-state index < -0.39 is 5.97 Å². The van der Waals surface area contributed by atoms with Crippen molar-refractivity contribution in [3.63, 3.8) is 0 Å². The first kappa shape index (κ1) is 14.8. The second-order valence-electron chi connectivity index (χ2n) is 4.31. The van der Waals surface area contributed by atoms with Gasteiger partial charge in [-0.15, -0.1) is 0 Å². The van der Waals surface area contributed by atoms with Crippen molar-refractivity contribution in [1.29, 1.82) is 0 Å². The molecular weight excluding hydrogens is 275 g/mol. The molecule has 2 rings (SSSR count).